The van der Waals surface area contributed by atoms with E-state index in [4.69, 9.17) is 9.47 Å². The van der Waals surface area contributed by atoms with Crippen molar-refractivity contribution in [2.75, 3.05) is 6.61 Å². The van der Waals surface area contributed by atoms with Crippen molar-refractivity contribution in [2.45, 2.75) is 65.4 Å². The van der Waals surface area contributed by atoms with Gasteiger partial charge >= 0.3 is 0 Å². The van der Waals surface area contributed by atoms with Crippen molar-refractivity contribution in [1.29, 1.82) is 0 Å². The molecule has 1 heterocycles. The third kappa shape index (κ3) is 6.65. The zero-order valence-corrected chi connectivity index (χ0v) is 18.3. The van der Waals surface area contributed by atoms with Crippen molar-refractivity contribution in [1.82, 2.24) is 10.2 Å². The van der Waals surface area contributed by atoms with Crippen molar-refractivity contribution in [3.05, 3.63) is 77.1 Å². The van der Waals surface area contributed by atoms with Crippen LogP contribution in [0.4, 0.5) is 0 Å². The fourth-order valence-electron chi connectivity index (χ4n) is 3.64. The van der Waals surface area contributed by atoms with Crippen LogP contribution in [0.5, 0.6) is 11.5 Å². The summed E-state index contributed by atoms with van der Waals surface area (Å²) in [6.07, 6.45) is 7.90. The van der Waals surface area contributed by atoms with Gasteiger partial charge in [-0.3, -0.25) is 5.10 Å². The maximum Gasteiger partial charge on any atom is 0.120 e. The van der Waals surface area contributed by atoms with Crippen molar-refractivity contribution in [2.24, 2.45) is 0 Å². The van der Waals surface area contributed by atoms with Gasteiger partial charge in [0.1, 0.15) is 18.1 Å². The Kier molecular flexibility index (Phi) is 8.82. The Bertz CT molecular complexity index is 835. The highest BCUT2D eigenvalue weighted by Crippen LogP contribution is 2.20. The van der Waals surface area contributed by atoms with Gasteiger partial charge < -0.3 is 9.47 Å². The van der Waals surface area contributed by atoms with Crippen LogP contribution in [0.15, 0.2) is 54.6 Å². The SMILES string of the molecule is CCc1n[nH]c(CC)c1CCCCCCOc1ccc(OCc2ccccc2)cc1. The van der Waals surface area contributed by atoms with Gasteiger partial charge in [0.2, 0.25) is 0 Å². The molecular formula is C26H34N2O2. The Labute approximate surface area is 180 Å². The van der Waals surface area contributed by atoms with Gasteiger partial charge in [0.15, 0.2) is 0 Å². The van der Waals surface area contributed by atoms with Crippen LogP contribution < -0.4 is 9.47 Å². The fraction of sp³-hybridized carbons (Fsp3) is 0.423. The summed E-state index contributed by atoms with van der Waals surface area (Å²) in [7, 11) is 0. The van der Waals surface area contributed by atoms with Gasteiger partial charge in [0.25, 0.3) is 0 Å². The number of aryl methyl sites for hydroxylation is 2. The number of hydrogen-bond acceptors (Lipinski definition) is 3. The van der Waals surface area contributed by atoms with Crippen LogP contribution in [0.3, 0.4) is 0 Å². The lowest BCUT2D eigenvalue weighted by Crippen LogP contribution is -1.99. The van der Waals surface area contributed by atoms with Crippen LogP contribution in [-0.4, -0.2) is 16.8 Å². The molecule has 0 saturated heterocycles. The maximum absolute atomic E-state index is 5.88. The number of nitrogens with zero attached hydrogens (tertiary/aromatic N) is 1. The van der Waals surface area contributed by atoms with Gasteiger partial charge in [-0.2, -0.15) is 5.10 Å². The van der Waals surface area contributed by atoms with E-state index in [0.29, 0.717) is 6.61 Å². The standard InChI is InChI=1S/C26H34N2O2/c1-3-25-24(26(4-2)28-27-25)14-10-5-6-11-19-29-22-15-17-23(18-16-22)30-20-21-12-8-7-9-13-21/h7-9,12-13,15-18H,3-6,10-11,14,19-20H2,1-2H3,(H,27,28). The molecule has 2 aromatic carbocycles. The molecule has 1 aromatic heterocycles. The molecule has 0 amide bonds. The molecule has 0 aliphatic rings. The van der Waals surface area contributed by atoms with Crippen LogP contribution in [0.2, 0.25) is 0 Å². The molecule has 3 aromatic rings. The first-order chi connectivity index (χ1) is 14.8. The van der Waals surface area contributed by atoms with E-state index >= 15 is 0 Å². The Morgan fingerprint density at radius 2 is 1.47 bits per heavy atom. The van der Waals surface area contributed by atoms with E-state index in [-0.39, 0.29) is 0 Å². The Morgan fingerprint density at radius 3 is 2.17 bits per heavy atom. The topological polar surface area (TPSA) is 47.1 Å². The van der Waals surface area contributed by atoms with E-state index in [1.807, 2.05) is 42.5 Å². The molecule has 30 heavy (non-hydrogen) atoms. The average Bonchev–Trinajstić information content (AvgIpc) is 3.20. The van der Waals surface area contributed by atoms with Crippen molar-refractivity contribution < 1.29 is 9.47 Å². The number of aromatic nitrogens is 2. The van der Waals surface area contributed by atoms with Crippen molar-refractivity contribution >= 4 is 0 Å². The fourth-order valence-corrected chi connectivity index (χ4v) is 3.64. The molecule has 0 atom stereocenters. The zero-order chi connectivity index (χ0) is 21.0. The van der Waals surface area contributed by atoms with Crippen molar-refractivity contribution in [3.63, 3.8) is 0 Å². The first-order valence-electron chi connectivity index (χ1n) is 11.2. The third-order valence-electron chi connectivity index (χ3n) is 5.39. The number of nitrogens with one attached hydrogen (secondary N) is 1. The van der Waals surface area contributed by atoms with Gasteiger partial charge in [-0.25, -0.2) is 0 Å². The predicted octanol–water partition coefficient (Wildman–Crippen LogP) is 6.30. The van der Waals surface area contributed by atoms with Crippen LogP contribution in [0.1, 0.15) is 62.0 Å². The minimum Gasteiger partial charge on any atom is -0.494 e. The number of hydrogen-bond donors (Lipinski definition) is 1. The van der Waals surface area contributed by atoms with Gasteiger partial charge in [-0.1, -0.05) is 57.0 Å². The molecule has 0 unspecified atom stereocenters. The molecule has 0 aliphatic carbocycles. The second-order valence-corrected chi connectivity index (χ2v) is 7.59. The molecule has 4 heteroatoms. The second-order valence-electron chi connectivity index (χ2n) is 7.59. The quantitative estimate of drug-likeness (QED) is 0.339. The minimum atomic E-state index is 0.583. The summed E-state index contributed by atoms with van der Waals surface area (Å²) in [5.74, 6) is 1.77. The molecular weight excluding hydrogens is 372 g/mol. The predicted molar refractivity (Wildman–Crippen MR) is 122 cm³/mol. The second kappa shape index (κ2) is 12.1. The number of unbranched alkanes of at least 4 members (excludes halogenated alkanes) is 3. The lowest BCUT2D eigenvalue weighted by Gasteiger charge is -2.09. The number of benzene rings is 2. The van der Waals surface area contributed by atoms with E-state index in [0.717, 1.165) is 43.8 Å². The molecule has 0 fully saturated rings. The molecule has 1 N–H and O–H groups in total. The Hall–Kier alpha value is -2.75. The first-order valence-corrected chi connectivity index (χ1v) is 11.2. The largest absolute Gasteiger partial charge is 0.494 e. The number of H-pyrrole nitrogens is 1. The number of rotatable bonds is 13. The van der Waals surface area contributed by atoms with Gasteiger partial charge in [-0.15, -0.1) is 0 Å². The van der Waals surface area contributed by atoms with Crippen molar-refractivity contribution in [3.8, 4) is 11.5 Å². The minimum absolute atomic E-state index is 0.583. The van der Waals surface area contributed by atoms with Gasteiger partial charge in [0.05, 0.1) is 12.3 Å². The Balaban J connectivity index is 1.29. The Morgan fingerprint density at radius 1 is 0.767 bits per heavy atom. The summed E-state index contributed by atoms with van der Waals surface area (Å²) in [5.41, 5.74) is 5.17. The third-order valence-corrected chi connectivity index (χ3v) is 5.39. The summed E-state index contributed by atoms with van der Waals surface area (Å²) in [6.45, 7) is 5.71. The van der Waals surface area contributed by atoms with E-state index in [2.05, 4.69) is 36.2 Å². The zero-order valence-electron chi connectivity index (χ0n) is 18.3. The normalized spacial score (nSPS) is 10.9. The molecule has 3 rings (SSSR count). The summed E-state index contributed by atoms with van der Waals surface area (Å²) in [5, 5.41) is 7.64. The highest BCUT2D eigenvalue weighted by atomic mass is 16.5. The summed E-state index contributed by atoms with van der Waals surface area (Å²) >= 11 is 0. The molecule has 0 bridgehead atoms. The molecule has 160 valence electrons. The van der Waals surface area contributed by atoms with Crippen LogP contribution in [0, 0.1) is 0 Å². The number of aromatic amines is 1. The highest BCUT2D eigenvalue weighted by Gasteiger charge is 2.09. The molecule has 4 nitrogen and oxygen atoms in total. The smallest absolute Gasteiger partial charge is 0.120 e. The molecule has 0 saturated carbocycles. The summed E-state index contributed by atoms with van der Waals surface area (Å²) in [6, 6.07) is 18.1. The van der Waals surface area contributed by atoms with Crippen LogP contribution >= 0.6 is 0 Å². The monoisotopic (exact) mass is 406 g/mol. The number of ether oxygens (including phenoxy) is 2. The molecule has 0 spiro atoms. The van der Waals surface area contributed by atoms with Crippen LogP contribution in [0.25, 0.3) is 0 Å². The molecule has 0 aliphatic heterocycles. The van der Waals surface area contributed by atoms with E-state index in [1.165, 1.54) is 41.8 Å². The van der Waals surface area contributed by atoms with E-state index in [1.54, 1.807) is 0 Å². The lowest BCUT2D eigenvalue weighted by molar-refractivity contribution is 0.297. The maximum atomic E-state index is 5.88. The van der Waals surface area contributed by atoms with Crippen LogP contribution in [-0.2, 0) is 25.9 Å². The first kappa shape index (κ1) is 21.9. The summed E-state index contributed by atoms with van der Waals surface area (Å²) < 4.78 is 11.7. The van der Waals surface area contributed by atoms with Gasteiger partial charge in [-0.05, 0) is 67.5 Å². The lowest BCUT2D eigenvalue weighted by atomic mass is 10.0. The molecule has 0 radical (unpaired) electrons. The van der Waals surface area contributed by atoms with E-state index in [9.17, 15) is 0 Å². The highest BCUT2D eigenvalue weighted by molar-refractivity contribution is 5.31. The van der Waals surface area contributed by atoms with E-state index < -0.39 is 0 Å². The summed E-state index contributed by atoms with van der Waals surface area (Å²) in [4.78, 5) is 0. The average molecular weight is 407 g/mol. The van der Waals surface area contributed by atoms with Gasteiger partial charge in [0, 0.05) is 5.69 Å².